The molecule has 0 radical (unpaired) electrons. The van der Waals surface area contributed by atoms with Crippen molar-refractivity contribution in [3.8, 4) is 0 Å². The zero-order valence-corrected chi connectivity index (χ0v) is 14.9. The van der Waals surface area contributed by atoms with Crippen LogP contribution in [-0.4, -0.2) is 33.7 Å². The number of allylic oxidation sites excluding steroid dienone is 2. The van der Waals surface area contributed by atoms with Gasteiger partial charge in [-0.05, 0) is 24.3 Å². The minimum Gasteiger partial charge on any atom is -0.388 e. The van der Waals surface area contributed by atoms with Crippen LogP contribution in [0.1, 0.15) is 15.9 Å². The van der Waals surface area contributed by atoms with Gasteiger partial charge in [-0.2, -0.15) is 0 Å². The molecular formula is C18H18FN3O3S. The van der Waals surface area contributed by atoms with E-state index >= 15 is 0 Å². The van der Waals surface area contributed by atoms with E-state index in [2.05, 4.69) is 17.2 Å². The van der Waals surface area contributed by atoms with Crippen LogP contribution in [0.3, 0.4) is 0 Å². The van der Waals surface area contributed by atoms with Gasteiger partial charge in [0.05, 0.1) is 16.2 Å². The van der Waals surface area contributed by atoms with Crippen LogP contribution < -0.4 is 16.4 Å². The fourth-order valence-corrected chi connectivity index (χ4v) is 4.50. The van der Waals surface area contributed by atoms with Crippen molar-refractivity contribution in [2.24, 2.45) is 5.73 Å². The molecule has 0 fully saturated rings. The summed E-state index contributed by atoms with van der Waals surface area (Å²) in [6.07, 6.45) is 3.12. The number of hydrogen-bond donors (Lipinski definition) is 3. The number of carbonyl (C=O) groups is 1. The number of carbonyl (C=O) groups excluding carboxylic acids is 1. The molecule has 8 heteroatoms. The first kappa shape index (κ1) is 18.1. The zero-order chi connectivity index (χ0) is 19.1. The average Bonchev–Trinajstić information content (AvgIpc) is 2.93. The highest BCUT2D eigenvalue weighted by molar-refractivity contribution is 7.91. The maximum atomic E-state index is 14.6. The van der Waals surface area contributed by atoms with E-state index in [-0.39, 0.29) is 33.5 Å². The maximum absolute atomic E-state index is 14.6. The van der Waals surface area contributed by atoms with Crippen molar-refractivity contribution in [1.29, 1.82) is 0 Å². The largest absolute Gasteiger partial charge is 0.388 e. The van der Waals surface area contributed by atoms with E-state index in [0.29, 0.717) is 16.9 Å². The van der Waals surface area contributed by atoms with Crippen molar-refractivity contribution in [1.82, 2.24) is 5.32 Å². The normalized spacial score (nSPS) is 13.8. The highest BCUT2D eigenvalue weighted by Gasteiger charge is 2.32. The summed E-state index contributed by atoms with van der Waals surface area (Å²) in [5.74, 6) is -1.45. The van der Waals surface area contributed by atoms with Crippen LogP contribution >= 0.6 is 0 Å². The lowest BCUT2D eigenvalue weighted by molar-refractivity contribution is 0.103. The molecule has 1 amide bonds. The molecule has 136 valence electrons. The van der Waals surface area contributed by atoms with E-state index in [1.807, 2.05) is 0 Å². The minimum atomic E-state index is -3.85. The lowest BCUT2D eigenvalue weighted by atomic mass is 9.97. The lowest BCUT2D eigenvalue weighted by Gasteiger charge is -2.15. The highest BCUT2D eigenvalue weighted by atomic mass is 32.2. The van der Waals surface area contributed by atoms with E-state index in [1.165, 1.54) is 18.2 Å². The molecule has 0 spiro atoms. The van der Waals surface area contributed by atoms with E-state index in [4.69, 9.17) is 5.73 Å². The second-order valence-electron chi connectivity index (χ2n) is 5.77. The van der Waals surface area contributed by atoms with Gasteiger partial charge in [-0.1, -0.05) is 12.7 Å². The van der Waals surface area contributed by atoms with Gasteiger partial charge in [0, 0.05) is 41.3 Å². The number of halogens is 1. The summed E-state index contributed by atoms with van der Waals surface area (Å²) in [7, 11) is -2.21. The van der Waals surface area contributed by atoms with Gasteiger partial charge in [0.2, 0.25) is 0 Å². The van der Waals surface area contributed by atoms with Gasteiger partial charge in [0.15, 0.2) is 9.84 Å². The predicted molar refractivity (Wildman–Crippen MR) is 100 cm³/mol. The van der Waals surface area contributed by atoms with Gasteiger partial charge in [-0.3, -0.25) is 4.79 Å². The van der Waals surface area contributed by atoms with Crippen molar-refractivity contribution in [2.75, 3.05) is 24.7 Å². The number of nitrogens with two attached hydrogens (primary N) is 1. The second-order valence-corrected chi connectivity index (χ2v) is 7.85. The van der Waals surface area contributed by atoms with Crippen LogP contribution in [0.25, 0.3) is 16.5 Å². The van der Waals surface area contributed by atoms with E-state index in [9.17, 15) is 17.6 Å². The quantitative estimate of drug-likeness (QED) is 0.671. The minimum absolute atomic E-state index is 0.0953. The van der Waals surface area contributed by atoms with Crippen LogP contribution in [-0.2, 0) is 9.84 Å². The van der Waals surface area contributed by atoms with E-state index in [0.717, 1.165) is 6.07 Å². The van der Waals surface area contributed by atoms with Crippen molar-refractivity contribution in [3.05, 3.63) is 53.9 Å². The lowest BCUT2D eigenvalue weighted by Crippen LogP contribution is -2.18. The molecular weight excluding hydrogens is 357 g/mol. The summed E-state index contributed by atoms with van der Waals surface area (Å²) in [4.78, 5) is 12.3. The number of nitrogens with one attached hydrogen (secondary N) is 2. The summed E-state index contributed by atoms with van der Waals surface area (Å²) in [6, 6.07) is 3.89. The molecule has 0 aliphatic carbocycles. The predicted octanol–water partition coefficient (Wildman–Crippen LogP) is 2.02. The van der Waals surface area contributed by atoms with Crippen LogP contribution in [0.4, 0.5) is 10.1 Å². The maximum Gasteiger partial charge on any atom is 0.257 e. The van der Waals surface area contributed by atoms with Crippen molar-refractivity contribution in [3.63, 3.8) is 0 Å². The SMILES string of the molecule is C=C/C=C(\NC)c1cc(S(=O)(=O)CCN)c2c(F)ccc3c2c1C(=O)N3. The smallest absolute Gasteiger partial charge is 0.257 e. The van der Waals surface area contributed by atoms with E-state index < -0.39 is 21.6 Å². The molecule has 6 nitrogen and oxygen atoms in total. The van der Waals surface area contributed by atoms with Gasteiger partial charge in [-0.15, -0.1) is 0 Å². The number of benzene rings is 2. The molecule has 0 unspecified atom stereocenters. The van der Waals surface area contributed by atoms with Gasteiger partial charge >= 0.3 is 0 Å². The van der Waals surface area contributed by atoms with Crippen molar-refractivity contribution >= 4 is 37.9 Å². The molecule has 0 saturated carbocycles. The molecule has 26 heavy (non-hydrogen) atoms. The number of hydrogen-bond acceptors (Lipinski definition) is 5. The Morgan fingerprint density at radius 2 is 2.12 bits per heavy atom. The van der Waals surface area contributed by atoms with Crippen molar-refractivity contribution in [2.45, 2.75) is 4.90 Å². The summed E-state index contributed by atoms with van der Waals surface area (Å²) in [5.41, 5.74) is 6.88. The van der Waals surface area contributed by atoms with Gasteiger partial charge in [0.25, 0.3) is 5.91 Å². The Morgan fingerprint density at radius 1 is 1.38 bits per heavy atom. The Balaban J connectivity index is 2.54. The fourth-order valence-electron chi connectivity index (χ4n) is 3.16. The third kappa shape index (κ3) is 2.67. The Bertz CT molecular complexity index is 1080. The first-order chi connectivity index (χ1) is 12.4. The Hall–Kier alpha value is -2.71. The molecule has 1 aliphatic rings. The third-order valence-corrected chi connectivity index (χ3v) is 6.00. The highest BCUT2D eigenvalue weighted by Crippen LogP contribution is 2.41. The molecule has 1 aliphatic heterocycles. The molecule has 1 heterocycles. The van der Waals surface area contributed by atoms with Crippen LogP contribution in [0.5, 0.6) is 0 Å². The number of rotatable bonds is 6. The zero-order valence-electron chi connectivity index (χ0n) is 14.1. The van der Waals surface area contributed by atoms with Crippen LogP contribution in [0, 0.1) is 5.82 Å². The molecule has 0 bridgehead atoms. The van der Waals surface area contributed by atoms with Gasteiger partial charge in [-0.25, -0.2) is 12.8 Å². The van der Waals surface area contributed by atoms with Crippen LogP contribution in [0.2, 0.25) is 0 Å². The first-order valence-corrected chi connectivity index (χ1v) is 9.55. The monoisotopic (exact) mass is 375 g/mol. The standard InChI is InChI=1S/C18H18FN3O3S/c1-3-4-12(21-2)10-9-14(26(24,25)8-7-20)16-11(19)5-6-13-17(16)15(10)18(23)22-13/h3-6,9,21H,1,7-8,20H2,2H3,(H,22,23)/b12-4-. The third-order valence-electron chi connectivity index (χ3n) is 4.24. The fraction of sp³-hybridized carbons (Fsp3) is 0.167. The number of anilines is 1. The number of sulfone groups is 1. The molecule has 2 aromatic carbocycles. The summed E-state index contributed by atoms with van der Waals surface area (Å²) in [6.45, 7) is 3.53. The molecule has 0 atom stereocenters. The first-order valence-electron chi connectivity index (χ1n) is 7.90. The van der Waals surface area contributed by atoms with E-state index in [1.54, 1.807) is 13.1 Å². The molecule has 3 rings (SSSR count). The second kappa shape index (κ2) is 6.54. The Kier molecular flexibility index (Phi) is 4.55. The van der Waals surface area contributed by atoms with Gasteiger partial charge < -0.3 is 16.4 Å². The van der Waals surface area contributed by atoms with Crippen molar-refractivity contribution < 1.29 is 17.6 Å². The van der Waals surface area contributed by atoms with Crippen LogP contribution in [0.15, 0.2) is 41.8 Å². The summed E-state index contributed by atoms with van der Waals surface area (Å²) >= 11 is 0. The summed E-state index contributed by atoms with van der Waals surface area (Å²) in [5, 5.41) is 5.75. The summed E-state index contributed by atoms with van der Waals surface area (Å²) < 4.78 is 40.1. The average molecular weight is 375 g/mol. The van der Waals surface area contributed by atoms with Gasteiger partial charge in [0.1, 0.15) is 5.82 Å². The molecule has 4 N–H and O–H groups in total. The topological polar surface area (TPSA) is 101 Å². The molecule has 2 aromatic rings. The Labute approximate surface area is 150 Å². The number of amides is 1. The molecule has 0 saturated heterocycles. The molecule has 0 aromatic heterocycles. The Morgan fingerprint density at radius 3 is 2.73 bits per heavy atom.